The van der Waals surface area contributed by atoms with Gasteiger partial charge in [-0.3, -0.25) is 9.78 Å². The lowest BCUT2D eigenvalue weighted by molar-refractivity contribution is -0.121. The van der Waals surface area contributed by atoms with Gasteiger partial charge in [0.2, 0.25) is 5.91 Å². The van der Waals surface area contributed by atoms with E-state index in [4.69, 9.17) is 0 Å². The summed E-state index contributed by atoms with van der Waals surface area (Å²) < 4.78 is 13.2. The molecule has 1 aliphatic carbocycles. The first-order valence-corrected chi connectivity index (χ1v) is 11.6. The van der Waals surface area contributed by atoms with Gasteiger partial charge in [0.25, 0.3) is 0 Å². The molecule has 1 aromatic heterocycles. The normalized spacial score (nSPS) is 18.7. The number of halogens is 1. The van der Waals surface area contributed by atoms with Crippen LogP contribution in [0.2, 0.25) is 0 Å². The van der Waals surface area contributed by atoms with Gasteiger partial charge in [0.15, 0.2) is 0 Å². The number of nitrogens with one attached hydrogen (secondary N) is 1. The van der Waals surface area contributed by atoms with Gasteiger partial charge in [-0.15, -0.1) is 0 Å². The van der Waals surface area contributed by atoms with Crippen molar-refractivity contribution < 1.29 is 9.18 Å². The quantitative estimate of drug-likeness (QED) is 0.408. The molecule has 30 heavy (non-hydrogen) atoms. The minimum Gasteiger partial charge on any atom is -0.356 e. The third kappa shape index (κ3) is 7.55. The van der Waals surface area contributed by atoms with Crippen LogP contribution in [0.1, 0.15) is 75.3 Å². The van der Waals surface area contributed by atoms with Crippen molar-refractivity contribution >= 4 is 5.91 Å². The number of carbonyl (C=O) groups is 1. The number of amides is 1. The van der Waals surface area contributed by atoms with Crippen molar-refractivity contribution in [3.05, 3.63) is 65.7 Å². The Morgan fingerprint density at radius 2 is 2.03 bits per heavy atom. The van der Waals surface area contributed by atoms with Crippen LogP contribution in [0.25, 0.3) is 0 Å². The van der Waals surface area contributed by atoms with Crippen molar-refractivity contribution in [1.82, 2.24) is 10.3 Å². The van der Waals surface area contributed by atoms with Crippen LogP contribution >= 0.6 is 0 Å². The van der Waals surface area contributed by atoms with E-state index in [2.05, 4.69) is 23.3 Å². The Labute approximate surface area is 180 Å². The number of aryl methyl sites for hydroxylation is 1. The maximum atomic E-state index is 13.2. The monoisotopic (exact) mass is 410 g/mol. The molecule has 0 aliphatic heterocycles. The lowest BCUT2D eigenvalue weighted by Crippen LogP contribution is -2.24. The Hall–Kier alpha value is -2.23. The number of hydrogen-bond acceptors (Lipinski definition) is 2. The summed E-state index contributed by atoms with van der Waals surface area (Å²) in [6, 6.07) is 11.1. The maximum absolute atomic E-state index is 13.2. The van der Waals surface area contributed by atoms with E-state index in [1.54, 1.807) is 18.3 Å². The Morgan fingerprint density at radius 1 is 1.20 bits per heavy atom. The molecule has 1 amide bonds. The van der Waals surface area contributed by atoms with Gasteiger partial charge in [0, 0.05) is 25.4 Å². The van der Waals surface area contributed by atoms with Gasteiger partial charge in [-0.2, -0.15) is 0 Å². The van der Waals surface area contributed by atoms with Crippen LogP contribution in [0.15, 0.2) is 48.8 Å². The third-order valence-corrected chi connectivity index (χ3v) is 6.31. The second-order valence-corrected chi connectivity index (χ2v) is 8.74. The van der Waals surface area contributed by atoms with E-state index in [9.17, 15) is 9.18 Å². The first-order valence-electron chi connectivity index (χ1n) is 11.6. The molecule has 3 atom stereocenters. The molecule has 2 aromatic rings. The molecule has 1 aliphatic rings. The largest absolute Gasteiger partial charge is 0.356 e. The van der Waals surface area contributed by atoms with Gasteiger partial charge in [-0.1, -0.05) is 31.5 Å². The van der Waals surface area contributed by atoms with Gasteiger partial charge < -0.3 is 5.32 Å². The van der Waals surface area contributed by atoms with Crippen LogP contribution in [0.3, 0.4) is 0 Å². The standard InChI is InChI=1S/C26H35FN2O/c1-2-6-22(21-9-12-25(27)13-10-21)17-24-18-23(24)11-14-26(30)29-16-4-3-7-20-8-5-15-28-19-20/h5,8-10,12-13,15,19,22-24H,2-4,6-7,11,14,16-18H2,1H3,(H,29,30)/t22?,23-,24?/m0/s1. The van der Waals surface area contributed by atoms with Crippen LogP contribution in [0.4, 0.5) is 4.39 Å². The highest BCUT2D eigenvalue weighted by Crippen LogP contribution is 2.48. The van der Waals surface area contributed by atoms with Crippen molar-refractivity contribution in [3.8, 4) is 0 Å². The average molecular weight is 411 g/mol. The first-order chi connectivity index (χ1) is 14.7. The molecule has 162 valence electrons. The molecule has 0 radical (unpaired) electrons. The molecular weight excluding hydrogens is 375 g/mol. The molecule has 0 bridgehead atoms. The summed E-state index contributed by atoms with van der Waals surface area (Å²) in [6.45, 7) is 2.97. The highest BCUT2D eigenvalue weighted by molar-refractivity contribution is 5.75. The summed E-state index contributed by atoms with van der Waals surface area (Å²) in [4.78, 5) is 16.3. The van der Waals surface area contributed by atoms with Crippen molar-refractivity contribution in [2.24, 2.45) is 11.8 Å². The molecule has 0 saturated heterocycles. The van der Waals surface area contributed by atoms with Crippen molar-refractivity contribution in [2.45, 2.75) is 70.6 Å². The van der Waals surface area contributed by atoms with Crippen LogP contribution in [0.5, 0.6) is 0 Å². The number of benzene rings is 1. The predicted octanol–water partition coefficient (Wildman–Crippen LogP) is 6.05. The minimum atomic E-state index is -0.165. The number of unbranched alkanes of at least 4 members (excludes halogenated alkanes) is 1. The van der Waals surface area contributed by atoms with E-state index in [1.807, 2.05) is 24.4 Å². The lowest BCUT2D eigenvalue weighted by atomic mass is 9.89. The van der Waals surface area contributed by atoms with Gasteiger partial charge in [-0.05, 0) is 92.0 Å². The van der Waals surface area contributed by atoms with Crippen LogP contribution in [-0.2, 0) is 11.2 Å². The smallest absolute Gasteiger partial charge is 0.220 e. The fourth-order valence-corrected chi connectivity index (χ4v) is 4.45. The van der Waals surface area contributed by atoms with Crippen molar-refractivity contribution in [1.29, 1.82) is 0 Å². The molecule has 3 nitrogen and oxygen atoms in total. The molecule has 0 spiro atoms. The minimum absolute atomic E-state index is 0.165. The Kier molecular flexibility index (Phi) is 8.85. The summed E-state index contributed by atoms with van der Waals surface area (Å²) in [5.41, 5.74) is 2.51. The summed E-state index contributed by atoms with van der Waals surface area (Å²) in [5, 5.41) is 3.07. The molecule has 1 N–H and O–H groups in total. The SMILES string of the molecule is CCCC(CC1C[C@@H]1CCC(=O)NCCCCc1cccnc1)c1ccc(F)cc1. The summed E-state index contributed by atoms with van der Waals surface area (Å²) in [7, 11) is 0. The molecule has 1 aromatic carbocycles. The summed E-state index contributed by atoms with van der Waals surface area (Å²) in [5.74, 6) is 1.94. The Balaban J connectivity index is 1.28. The lowest BCUT2D eigenvalue weighted by Gasteiger charge is -2.16. The average Bonchev–Trinajstić information content (AvgIpc) is 3.51. The van der Waals surface area contributed by atoms with Crippen LogP contribution < -0.4 is 5.32 Å². The predicted molar refractivity (Wildman–Crippen MR) is 120 cm³/mol. The molecular formula is C26H35FN2O. The van der Waals surface area contributed by atoms with Crippen molar-refractivity contribution in [2.75, 3.05) is 6.54 Å². The van der Waals surface area contributed by atoms with E-state index in [0.29, 0.717) is 18.3 Å². The van der Waals surface area contributed by atoms with Gasteiger partial charge >= 0.3 is 0 Å². The fourth-order valence-electron chi connectivity index (χ4n) is 4.45. The Bertz CT molecular complexity index is 762. The highest BCUT2D eigenvalue weighted by Gasteiger charge is 2.38. The topological polar surface area (TPSA) is 42.0 Å². The zero-order valence-electron chi connectivity index (χ0n) is 18.2. The Morgan fingerprint density at radius 3 is 2.77 bits per heavy atom. The molecule has 4 heteroatoms. The number of carbonyl (C=O) groups excluding carboxylic acids is 1. The van der Waals surface area contributed by atoms with E-state index in [0.717, 1.165) is 51.0 Å². The van der Waals surface area contributed by atoms with Gasteiger partial charge in [0.05, 0.1) is 0 Å². The van der Waals surface area contributed by atoms with E-state index in [-0.39, 0.29) is 11.7 Å². The third-order valence-electron chi connectivity index (χ3n) is 6.31. The number of nitrogens with zero attached hydrogens (tertiary/aromatic N) is 1. The second kappa shape index (κ2) is 11.8. The zero-order valence-corrected chi connectivity index (χ0v) is 18.2. The summed E-state index contributed by atoms with van der Waals surface area (Å²) >= 11 is 0. The van der Waals surface area contributed by atoms with Crippen LogP contribution in [-0.4, -0.2) is 17.4 Å². The molecule has 1 saturated carbocycles. The highest BCUT2D eigenvalue weighted by atomic mass is 19.1. The first kappa shape index (κ1) is 22.5. The molecule has 2 unspecified atom stereocenters. The summed E-state index contributed by atoms with van der Waals surface area (Å²) in [6.07, 6.45) is 13.1. The molecule has 1 heterocycles. The second-order valence-electron chi connectivity index (χ2n) is 8.74. The van der Waals surface area contributed by atoms with Crippen molar-refractivity contribution in [3.63, 3.8) is 0 Å². The van der Waals surface area contributed by atoms with Gasteiger partial charge in [-0.25, -0.2) is 4.39 Å². The molecule has 1 fully saturated rings. The number of aromatic nitrogens is 1. The maximum Gasteiger partial charge on any atom is 0.220 e. The van der Waals surface area contributed by atoms with Crippen LogP contribution in [0, 0.1) is 17.7 Å². The number of hydrogen-bond donors (Lipinski definition) is 1. The number of rotatable bonds is 13. The van der Waals surface area contributed by atoms with Gasteiger partial charge in [0.1, 0.15) is 5.82 Å². The number of pyridine rings is 1. The molecule has 3 rings (SSSR count). The van der Waals surface area contributed by atoms with E-state index < -0.39 is 0 Å². The van der Waals surface area contributed by atoms with E-state index >= 15 is 0 Å². The fraction of sp³-hybridized carbons (Fsp3) is 0.538. The van der Waals surface area contributed by atoms with E-state index in [1.165, 1.54) is 24.0 Å². The zero-order chi connectivity index (χ0) is 21.2.